The highest BCUT2D eigenvalue weighted by Crippen LogP contribution is 2.31. The van der Waals surface area contributed by atoms with E-state index in [9.17, 15) is 18.8 Å². The Morgan fingerprint density at radius 2 is 1.77 bits per heavy atom. The number of barbiturate groups is 1. The molecule has 1 N–H and O–H groups in total. The van der Waals surface area contributed by atoms with Gasteiger partial charge in [-0.25, -0.2) is 14.1 Å². The summed E-state index contributed by atoms with van der Waals surface area (Å²) in [6.07, 6.45) is 1.75. The molecule has 1 aliphatic heterocycles. The number of imide groups is 2. The van der Waals surface area contributed by atoms with Crippen LogP contribution in [0.5, 0.6) is 5.75 Å². The Morgan fingerprint density at radius 1 is 1.03 bits per heavy atom. The van der Waals surface area contributed by atoms with Crippen molar-refractivity contribution in [1.29, 1.82) is 0 Å². The van der Waals surface area contributed by atoms with Gasteiger partial charge in [-0.05, 0) is 95.1 Å². The first-order valence-electron chi connectivity index (χ1n) is 10.8. The molecule has 0 bridgehead atoms. The van der Waals surface area contributed by atoms with E-state index in [4.69, 9.17) is 4.74 Å². The summed E-state index contributed by atoms with van der Waals surface area (Å²) >= 11 is 2.12. The molecule has 6 nitrogen and oxygen atoms in total. The van der Waals surface area contributed by atoms with Gasteiger partial charge in [0, 0.05) is 15.6 Å². The molecule has 1 saturated heterocycles. The van der Waals surface area contributed by atoms with Crippen LogP contribution in [0, 0.1) is 23.2 Å². The average molecular weight is 584 g/mol. The van der Waals surface area contributed by atoms with Crippen molar-refractivity contribution in [3.63, 3.8) is 0 Å². The highest BCUT2D eigenvalue weighted by atomic mass is 127. The molecule has 3 aromatic carbocycles. The predicted octanol–water partition coefficient (Wildman–Crippen LogP) is 5.31. The van der Waals surface area contributed by atoms with Crippen LogP contribution in [0.3, 0.4) is 0 Å². The number of benzene rings is 3. The zero-order chi connectivity index (χ0) is 25.3. The summed E-state index contributed by atoms with van der Waals surface area (Å²) < 4.78 is 20.5. The van der Waals surface area contributed by atoms with Gasteiger partial charge in [0.15, 0.2) is 0 Å². The molecule has 35 heavy (non-hydrogen) atoms. The number of anilines is 1. The fraction of sp³-hybridized carbons (Fsp3) is 0.148. The molecular formula is C27H22FIN2O4. The molecular weight excluding hydrogens is 562 g/mol. The highest BCUT2D eigenvalue weighted by Gasteiger charge is 2.37. The maximum absolute atomic E-state index is 14.2. The van der Waals surface area contributed by atoms with Crippen LogP contribution in [-0.4, -0.2) is 25.0 Å². The Balaban J connectivity index is 1.72. The molecule has 1 fully saturated rings. The van der Waals surface area contributed by atoms with Gasteiger partial charge in [0.1, 0.15) is 17.1 Å². The minimum absolute atomic E-state index is 0.178. The third-order valence-electron chi connectivity index (χ3n) is 5.88. The topological polar surface area (TPSA) is 75.7 Å². The second-order valence-electron chi connectivity index (χ2n) is 8.18. The Hall–Kier alpha value is -3.53. The Morgan fingerprint density at radius 3 is 2.46 bits per heavy atom. The summed E-state index contributed by atoms with van der Waals surface area (Å²) in [6.45, 7) is 3.81. The molecule has 3 aromatic rings. The van der Waals surface area contributed by atoms with Crippen molar-refractivity contribution in [2.45, 2.75) is 20.3 Å². The van der Waals surface area contributed by atoms with Gasteiger partial charge in [-0.15, -0.1) is 0 Å². The van der Waals surface area contributed by atoms with Crippen molar-refractivity contribution in [3.8, 4) is 5.75 Å². The minimum atomic E-state index is -0.798. The quantitative estimate of drug-likeness (QED) is 0.251. The number of hydrogen-bond donors (Lipinski definition) is 1. The minimum Gasteiger partial charge on any atom is -0.496 e. The maximum Gasteiger partial charge on any atom is 0.335 e. The smallest absolute Gasteiger partial charge is 0.335 e. The Labute approximate surface area is 215 Å². The Bertz CT molecular complexity index is 1400. The predicted molar refractivity (Wildman–Crippen MR) is 140 cm³/mol. The highest BCUT2D eigenvalue weighted by molar-refractivity contribution is 14.1. The first kappa shape index (κ1) is 24.6. The van der Waals surface area contributed by atoms with Crippen molar-refractivity contribution >= 4 is 52.2 Å². The molecule has 4 rings (SSSR count). The van der Waals surface area contributed by atoms with E-state index in [-0.39, 0.29) is 11.4 Å². The zero-order valence-corrected chi connectivity index (χ0v) is 21.5. The van der Waals surface area contributed by atoms with Gasteiger partial charge < -0.3 is 4.74 Å². The van der Waals surface area contributed by atoms with Crippen LogP contribution >= 0.6 is 22.6 Å². The fourth-order valence-electron chi connectivity index (χ4n) is 3.82. The van der Waals surface area contributed by atoms with Gasteiger partial charge in [0.2, 0.25) is 0 Å². The first-order chi connectivity index (χ1) is 16.7. The lowest BCUT2D eigenvalue weighted by molar-refractivity contribution is -0.122. The number of hydrogen-bond acceptors (Lipinski definition) is 4. The number of halogens is 2. The molecule has 0 saturated carbocycles. The van der Waals surface area contributed by atoms with E-state index in [1.165, 1.54) is 19.3 Å². The van der Waals surface area contributed by atoms with E-state index in [2.05, 4.69) is 27.9 Å². The summed E-state index contributed by atoms with van der Waals surface area (Å²) in [6, 6.07) is 14.4. The number of carbonyl (C=O) groups excluding carboxylic acids is 3. The van der Waals surface area contributed by atoms with Gasteiger partial charge in [-0.2, -0.15) is 0 Å². The summed E-state index contributed by atoms with van der Waals surface area (Å²) in [5, 5.41) is 2.24. The lowest BCUT2D eigenvalue weighted by atomic mass is 10.00. The SMILES string of the molecule is COc1cc(/C=C2\C(=O)NC(=O)N(c3ccc(C)c(C)c3)C2=O)cc(I)c1Cc1ccccc1F. The van der Waals surface area contributed by atoms with Gasteiger partial charge in [0.25, 0.3) is 11.8 Å². The van der Waals surface area contributed by atoms with Crippen LogP contribution in [-0.2, 0) is 16.0 Å². The van der Waals surface area contributed by atoms with E-state index in [1.54, 1.807) is 42.5 Å². The van der Waals surface area contributed by atoms with Gasteiger partial charge in [-0.1, -0.05) is 24.3 Å². The lowest BCUT2D eigenvalue weighted by Crippen LogP contribution is -2.54. The number of nitrogens with zero attached hydrogens (tertiary/aromatic N) is 1. The van der Waals surface area contributed by atoms with Crippen molar-refractivity contribution in [2.75, 3.05) is 12.0 Å². The number of aryl methyl sites for hydroxylation is 2. The molecule has 0 radical (unpaired) electrons. The first-order valence-corrected chi connectivity index (χ1v) is 11.9. The average Bonchev–Trinajstić information content (AvgIpc) is 2.81. The number of methoxy groups -OCH3 is 1. The molecule has 4 amide bonds. The summed E-state index contributed by atoms with van der Waals surface area (Å²) in [5.41, 5.74) is 3.98. The molecule has 8 heteroatoms. The zero-order valence-electron chi connectivity index (χ0n) is 19.3. The van der Waals surface area contributed by atoms with Crippen molar-refractivity contribution < 1.29 is 23.5 Å². The van der Waals surface area contributed by atoms with Crippen molar-refractivity contribution in [2.24, 2.45) is 0 Å². The molecule has 0 aromatic heterocycles. The summed E-state index contributed by atoms with van der Waals surface area (Å²) in [5.74, 6) is -1.30. The summed E-state index contributed by atoms with van der Waals surface area (Å²) in [7, 11) is 1.51. The van der Waals surface area contributed by atoms with Crippen LogP contribution in [0.4, 0.5) is 14.9 Å². The number of carbonyl (C=O) groups is 3. The lowest BCUT2D eigenvalue weighted by Gasteiger charge is -2.27. The van der Waals surface area contributed by atoms with E-state index >= 15 is 0 Å². The van der Waals surface area contributed by atoms with Gasteiger partial charge in [-0.3, -0.25) is 14.9 Å². The van der Waals surface area contributed by atoms with Crippen LogP contribution in [0.2, 0.25) is 0 Å². The number of rotatable bonds is 5. The standard InChI is InChI=1S/C27H22FIN2O4/c1-15-8-9-19(10-16(15)2)31-26(33)21(25(32)30-27(31)34)11-17-12-23(29)20(24(13-17)35-3)14-18-6-4-5-7-22(18)28/h4-13H,14H2,1-3H3,(H,30,32,34)/b21-11+. The van der Waals surface area contributed by atoms with Crippen molar-refractivity contribution in [1.82, 2.24) is 5.32 Å². The number of urea groups is 1. The maximum atomic E-state index is 14.2. The fourth-order valence-corrected chi connectivity index (χ4v) is 4.64. The van der Waals surface area contributed by atoms with E-state index < -0.39 is 17.8 Å². The van der Waals surface area contributed by atoms with Crippen molar-refractivity contribution in [3.05, 3.63) is 97.4 Å². The third-order valence-corrected chi connectivity index (χ3v) is 6.85. The van der Waals surface area contributed by atoms with E-state index in [1.807, 2.05) is 19.9 Å². The molecule has 0 atom stereocenters. The molecule has 1 aliphatic rings. The normalized spacial score (nSPS) is 14.9. The molecule has 0 spiro atoms. The van der Waals surface area contributed by atoms with E-state index in [0.29, 0.717) is 29.0 Å². The molecule has 178 valence electrons. The second-order valence-corrected chi connectivity index (χ2v) is 9.34. The van der Waals surface area contributed by atoms with Gasteiger partial charge >= 0.3 is 6.03 Å². The number of nitrogens with one attached hydrogen (secondary N) is 1. The molecule has 0 unspecified atom stereocenters. The molecule has 1 heterocycles. The third kappa shape index (κ3) is 4.97. The van der Waals surface area contributed by atoms with Crippen LogP contribution < -0.4 is 15.0 Å². The van der Waals surface area contributed by atoms with Crippen LogP contribution in [0.15, 0.2) is 60.2 Å². The largest absolute Gasteiger partial charge is 0.496 e. The van der Waals surface area contributed by atoms with E-state index in [0.717, 1.165) is 25.2 Å². The van der Waals surface area contributed by atoms with Crippen LogP contribution in [0.1, 0.15) is 27.8 Å². The molecule has 0 aliphatic carbocycles. The number of ether oxygens (including phenoxy) is 1. The summed E-state index contributed by atoms with van der Waals surface area (Å²) in [4.78, 5) is 39.3. The Kier molecular flexibility index (Phi) is 7.02. The monoisotopic (exact) mass is 584 g/mol. The second kappa shape index (κ2) is 9.99. The number of amides is 4. The van der Waals surface area contributed by atoms with Crippen LogP contribution in [0.25, 0.3) is 6.08 Å². The van der Waals surface area contributed by atoms with Gasteiger partial charge in [0.05, 0.1) is 12.8 Å².